The van der Waals surface area contributed by atoms with E-state index in [0.29, 0.717) is 11.3 Å². The summed E-state index contributed by atoms with van der Waals surface area (Å²) in [6.45, 7) is 2.93. The van der Waals surface area contributed by atoms with Gasteiger partial charge in [0.25, 0.3) is 5.91 Å². The average Bonchev–Trinajstić information content (AvgIpc) is 2.74. The van der Waals surface area contributed by atoms with Gasteiger partial charge in [-0.2, -0.15) is 0 Å². The van der Waals surface area contributed by atoms with E-state index in [1.807, 2.05) is 24.3 Å². The third kappa shape index (κ3) is 5.01. The van der Waals surface area contributed by atoms with E-state index < -0.39 is 10.8 Å². The maximum Gasteiger partial charge on any atom is 0.258 e. The number of aromatic nitrogens is 2. The second-order valence-electron chi connectivity index (χ2n) is 6.12. The molecule has 0 aliphatic rings. The van der Waals surface area contributed by atoms with Crippen LogP contribution < -0.4 is 10.6 Å². The zero-order chi connectivity index (χ0) is 19.8. The van der Waals surface area contributed by atoms with Gasteiger partial charge in [-0.15, -0.1) is 0 Å². The SMILES string of the molecule is CCCNc1ccccc1CS(=O)c1ncccc1C(=O)Nc1ccncc1. The topological polar surface area (TPSA) is 84.0 Å². The summed E-state index contributed by atoms with van der Waals surface area (Å²) < 4.78 is 13.0. The lowest BCUT2D eigenvalue weighted by Gasteiger charge is -2.12. The number of amides is 1. The Balaban J connectivity index is 1.81. The van der Waals surface area contributed by atoms with Crippen LogP contribution in [-0.4, -0.2) is 26.6 Å². The summed E-state index contributed by atoms with van der Waals surface area (Å²) in [4.78, 5) is 20.8. The van der Waals surface area contributed by atoms with Crippen molar-refractivity contribution in [3.05, 3.63) is 78.2 Å². The predicted molar refractivity (Wildman–Crippen MR) is 112 cm³/mol. The van der Waals surface area contributed by atoms with Gasteiger partial charge in [-0.05, 0) is 42.3 Å². The Morgan fingerprint density at radius 1 is 1.04 bits per heavy atom. The molecule has 0 aliphatic carbocycles. The molecule has 0 saturated carbocycles. The fraction of sp³-hybridized carbons (Fsp3) is 0.190. The minimum absolute atomic E-state index is 0.277. The van der Waals surface area contributed by atoms with E-state index in [1.165, 1.54) is 0 Å². The largest absolute Gasteiger partial charge is 0.385 e. The molecule has 3 aromatic rings. The number of benzene rings is 1. The van der Waals surface area contributed by atoms with Crippen molar-refractivity contribution in [2.75, 3.05) is 17.2 Å². The Kier molecular flexibility index (Phi) is 6.86. The van der Waals surface area contributed by atoms with Gasteiger partial charge >= 0.3 is 0 Å². The van der Waals surface area contributed by atoms with E-state index in [0.717, 1.165) is 24.2 Å². The van der Waals surface area contributed by atoms with Crippen LogP contribution in [0.1, 0.15) is 29.3 Å². The summed E-state index contributed by atoms with van der Waals surface area (Å²) in [6.07, 6.45) is 5.74. The van der Waals surface area contributed by atoms with Crippen molar-refractivity contribution in [2.24, 2.45) is 0 Å². The molecule has 0 aliphatic heterocycles. The number of hydrogen-bond donors (Lipinski definition) is 2. The molecule has 28 heavy (non-hydrogen) atoms. The first kappa shape index (κ1) is 19.7. The normalized spacial score (nSPS) is 11.6. The van der Waals surface area contributed by atoms with Crippen LogP contribution in [0.3, 0.4) is 0 Å². The molecule has 0 spiro atoms. The van der Waals surface area contributed by atoms with Crippen molar-refractivity contribution in [2.45, 2.75) is 24.1 Å². The Morgan fingerprint density at radius 2 is 1.82 bits per heavy atom. The smallest absolute Gasteiger partial charge is 0.258 e. The van der Waals surface area contributed by atoms with E-state index in [4.69, 9.17) is 0 Å². The summed E-state index contributed by atoms with van der Waals surface area (Å²) in [6, 6.07) is 14.5. The molecule has 1 amide bonds. The Hall–Kier alpha value is -3.06. The molecule has 3 rings (SSSR count). The number of anilines is 2. The second-order valence-corrected chi connectivity index (χ2v) is 7.49. The summed E-state index contributed by atoms with van der Waals surface area (Å²) in [5.41, 5.74) is 2.81. The molecule has 6 nitrogen and oxygen atoms in total. The van der Waals surface area contributed by atoms with Crippen LogP contribution in [0.25, 0.3) is 0 Å². The van der Waals surface area contributed by atoms with Gasteiger partial charge in [0.15, 0.2) is 0 Å². The van der Waals surface area contributed by atoms with Gasteiger partial charge in [-0.3, -0.25) is 14.0 Å². The molecule has 2 heterocycles. The van der Waals surface area contributed by atoms with Crippen LogP contribution in [-0.2, 0) is 16.6 Å². The van der Waals surface area contributed by atoms with E-state index >= 15 is 0 Å². The molecule has 1 aromatic carbocycles. The highest BCUT2D eigenvalue weighted by Gasteiger charge is 2.18. The quantitative estimate of drug-likeness (QED) is 0.606. The van der Waals surface area contributed by atoms with Crippen molar-refractivity contribution >= 4 is 28.1 Å². The fourth-order valence-corrected chi connectivity index (χ4v) is 3.92. The minimum atomic E-state index is -1.46. The molecule has 0 fully saturated rings. The van der Waals surface area contributed by atoms with Gasteiger partial charge in [0.1, 0.15) is 5.03 Å². The van der Waals surface area contributed by atoms with Crippen LogP contribution in [0.2, 0.25) is 0 Å². The Morgan fingerprint density at radius 3 is 2.61 bits per heavy atom. The third-order valence-corrected chi connectivity index (χ3v) is 5.37. The average molecular weight is 395 g/mol. The molecule has 0 radical (unpaired) electrons. The summed E-state index contributed by atoms with van der Waals surface area (Å²) in [5, 5.41) is 6.42. The number of rotatable bonds is 8. The Bertz CT molecular complexity index is 963. The zero-order valence-electron chi connectivity index (χ0n) is 15.6. The number of nitrogens with one attached hydrogen (secondary N) is 2. The lowest BCUT2D eigenvalue weighted by Crippen LogP contribution is -2.16. The Labute approximate surface area is 166 Å². The molecule has 7 heteroatoms. The van der Waals surface area contributed by atoms with Gasteiger partial charge in [0, 0.05) is 36.5 Å². The fourth-order valence-electron chi connectivity index (χ4n) is 2.67. The first-order valence-corrected chi connectivity index (χ1v) is 10.4. The first-order chi connectivity index (χ1) is 13.7. The predicted octanol–water partition coefficient (Wildman–Crippen LogP) is 3.86. The number of hydrogen-bond acceptors (Lipinski definition) is 5. The highest BCUT2D eigenvalue weighted by atomic mass is 32.2. The van der Waals surface area contributed by atoms with Crippen LogP contribution in [0.5, 0.6) is 0 Å². The maximum atomic E-state index is 13.0. The number of carbonyl (C=O) groups is 1. The summed E-state index contributed by atoms with van der Waals surface area (Å²) in [5.74, 6) is -0.0700. The monoisotopic (exact) mass is 394 g/mol. The summed E-state index contributed by atoms with van der Waals surface area (Å²) >= 11 is 0. The summed E-state index contributed by atoms with van der Waals surface area (Å²) in [7, 11) is -1.46. The molecule has 2 aromatic heterocycles. The first-order valence-electron chi connectivity index (χ1n) is 9.05. The van der Waals surface area contributed by atoms with Crippen LogP contribution in [0.4, 0.5) is 11.4 Å². The number of nitrogens with zero attached hydrogens (tertiary/aromatic N) is 2. The highest BCUT2D eigenvalue weighted by molar-refractivity contribution is 7.84. The van der Waals surface area contributed by atoms with Gasteiger partial charge in [-0.1, -0.05) is 25.1 Å². The van der Waals surface area contributed by atoms with E-state index in [1.54, 1.807) is 42.9 Å². The molecule has 2 N–H and O–H groups in total. The number of carbonyl (C=O) groups excluding carboxylic acids is 1. The van der Waals surface area contributed by atoms with Gasteiger partial charge in [-0.25, -0.2) is 4.98 Å². The van der Waals surface area contributed by atoms with Gasteiger partial charge < -0.3 is 10.6 Å². The molecule has 144 valence electrons. The van der Waals surface area contributed by atoms with Crippen LogP contribution in [0, 0.1) is 0 Å². The van der Waals surface area contributed by atoms with Crippen molar-refractivity contribution in [1.29, 1.82) is 0 Å². The second kappa shape index (κ2) is 9.75. The van der Waals surface area contributed by atoms with Gasteiger partial charge in [0.2, 0.25) is 0 Å². The number of pyridine rings is 2. The van der Waals surface area contributed by atoms with Gasteiger partial charge in [0.05, 0.1) is 22.1 Å². The van der Waals surface area contributed by atoms with E-state index in [9.17, 15) is 9.00 Å². The molecule has 1 unspecified atom stereocenters. The minimum Gasteiger partial charge on any atom is -0.385 e. The van der Waals surface area contributed by atoms with Crippen LogP contribution in [0.15, 0.2) is 72.1 Å². The molecule has 0 bridgehead atoms. The molecular weight excluding hydrogens is 372 g/mol. The van der Waals surface area contributed by atoms with Crippen LogP contribution >= 0.6 is 0 Å². The van der Waals surface area contributed by atoms with E-state index in [-0.39, 0.29) is 16.7 Å². The number of para-hydroxylation sites is 1. The zero-order valence-corrected chi connectivity index (χ0v) is 16.4. The third-order valence-electron chi connectivity index (χ3n) is 4.04. The van der Waals surface area contributed by atoms with Crippen molar-refractivity contribution in [3.63, 3.8) is 0 Å². The standard InChI is InChI=1S/C21H22N4O2S/c1-2-11-23-19-8-4-3-6-16(19)15-28(27)21-18(7-5-12-24-21)20(26)25-17-9-13-22-14-10-17/h3-10,12-14,23H,2,11,15H2,1H3,(H,22,25,26). The highest BCUT2D eigenvalue weighted by Crippen LogP contribution is 2.21. The maximum absolute atomic E-state index is 13.0. The lowest BCUT2D eigenvalue weighted by molar-refractivity contribution is 0.102. The lowest BCUT2D eigenvalue weighted by atomic mass is 10.2. The molecular formula is C21H22N4O2S. The molecule has 0 saturated heterocycles. The van der Waals surface area contributed by atoms with Crippen molar-refractivity contribution in [1.82, 2.24) is 9.97 Å². The van der Waals surface area contributed by atoms with Crippen molar-refractivity contribution < 1.29 is 9.00 Å². The molecule has 1 atom stereocenters. The van der Waals surface area contributed by atoms with Crippen molar-refractivity contribution in [3.8, 4) is 0 Å². The van der Waals surface area contributed by atoms with E-state index in [2.05, 4.69) is 27.5 Å².